The van der Waals surface area contributed by atoms with Crippen LogP contribution < -0.4 is 18.6 Å². The summed E-state index contributed by atoms with van der Waals surface area (Å²) in [5, 5.41) is 19.7. The third-order valence-corrected chi connectivity index (χ3v) is 15.9. The molecule has 2 amide bonds. The number of fused-ring (bicyclic) bond motifs is 2. The Morgan fingerprint density at radius 1 is 0.747 bits per heavy atom. The second-order valence-electron chi connectivity index (χ2n) is 19.4. The van der Waals surface area contributed by atoms with E-state index in [1.54, 1.807) is 13.8 Å². The van der Waals surface area contributed by atoms with Gasteiger partial charge in [0.1, 0.15) is 74.1 Å². The Bertz CT molecular complexity index is 2870. The molecule has 6 heterocycles. The van der Waals surface area contributed by atoms with Crippen molar-refractivity contribution in [1.29, 1.82) is 0 Å². The van der Waals surface area contributed by atoms with Crippen LogP contribution in [0.3, 0.4) is 0 Å². The van der Waals surface area contributed by atoms with Crippen molar-refractivity contribution in [2.45, 2.75) is 84.7 Å². The second-order valence-corrected chi connectivity index (χ2v) is 21.7. The van der Waals surface area contributed by atoms with Crippen molar-refractivity contribution in [1.82, 2.24) is 18.9 Å². The number of amides is 2. The Kier molecular flexibility index (Phi) is 19.2. The van der Waals surface area contributed by atoms with Crippen LogP contribution in [0.1, 0.15) is 51.7 Å². The molecule has 0 radical (unpaired) electrons. The number of β-lactam (4-membered cyclic amide) rings is 2. The quantitative estimate of drug-likeness (QED) is 0.0125. The van der Waals surface area contributed by atoms with Crippen LogP contribution in [0.25, 0.3) is 0 Å². The number of imidazole rings is 2. The Labute approximate surface area is 464 Å². The smallest absolute Gasteiger partial charge is 0.355 e. The van der Waals surface area contributed by atoms with Gasteiger partial charge < -0.3 is 34.2 Å². The van der Waals surface area contributed by atoms with E-state index in [1.165, 1.54) is 33.1 Å². The molecule has 8 atom stereocenters. The minimum absolute atomic E-state index is 0.000518. The van der Waals surface area contributed by atoms with E-state index in [-0.39, 0.29) is 67.5 Å². The molecule has 2 saturated heterocycles. The molecule has 20 heteroatoms. The lowest BCUT2D eigenvalue weighted by Crippen LogP contribution is -2.63. The van der Waals surface area contributed by atoms with Gasteiger partial charge in [-0.25, -0.2) is 32.7 Å². The number of hydrogen-bond donors (Lipinski definition) is 2. The highest BCUT2D eigenvalue weighted by Gasteiger charge is 2.62. The number of carboxylic acid groups (broad SMARTS) is 1. The van der Waals surface area contributed by atoms with Crippen molar-refractivity contribution in [3.63, 3.8) is 0 Å². The number of rotatable bonds is 24. The largest absolute Gasteiger partial charge is 0.488 e. The number of ether oxygens (including phenoxy) is 3. The van der Waals surface area contributed by atoms with Crippen LogP contribution in [0.15, 0.2) is 122 Å². The molecule has 4 aliphatic heterocycles. The first-order valence-electron chi connectivity index (χ1n) is 25.0. The van der Waals surface area contributed by atoms with Gasteiger partial charge in [-0.3, -0.25) is 14.5 Å². The number of benzene rings is 2. The lowest BCUT2D eigenvalue weighted by atomic mass is 9.74. The Morgan fingerprint density at radius 2 is 1.23 bits per heavy atom. The fraction of sp³-hybridized carbons (Fsp3) is 0.436. The number of carbonyl (C=O) groups is 5. The summed E-state index contributed by atoms with van der Waals surface area (Å²) in [6.45, 7) is 16.2. The van der Waals surface area contributed by atoms with Crippen LogP contribution in [-0.4, -0.2) is 103 Å². The van der Waals surface area contributed by atoms with E-state index in [1.807, 2.05) is 73.7 Å². The summed E-state index contributed by atoms with van der Waals surface area (Å²) in [6, 6.07) is 11.4. The molecule has 2 fully saturated rings. The lowest BCUT2D eigenvalue weighted by Gasteiger charge is -2.47. The number of carboxylic acids is 1. The number of halogens is 2. The van der Waals surface area contributed by atoms with Crippen molar-refractivity contribution < 1.29 is 67.3 Å². The summed E-state index contributed by atoms with van der Waals surface area (Å²) in [7, 11) is 4.01. The van der Waals surface area contributed by atoms with Crippen molar-refractivity contribution in [2.24, 2.45) is 43.7 Å². The summed E-state index contributed by atoms with van der Waals surface area (Å²) in [6.07, 6.45) is 18.3. The first-order chi connectivity index (χ1) is 35.9. The maximum atomic E-state index is 13.3. The normalized spacial score (nSPS) is 21.3. The standard InChI is InChI=1S/C31H37IN3O7.C24H28IN3O5/c1-6-15-39-31(38)28-23(20(3)27-26(29(36)35(27)28)21(4)30(37)42-41-16-7-2)18-40-25-11-10-22(17-24(25)32)9-8-12-34-14-13-33(5)19-34;1-14-17(22(24(31)32)28-21(14)20(15(2)29)23(28)30)12-33-19-7-6-16(11-18(19)25)5-4-8-27-10-9-26(3)13-27/h6-7,10-11,13-14,17,19-21,26-27H,1-2,8-9,12,15-16,18H2,3-5H3;6-7,9-11,13-15,20-21,29H,4-5,8,12H2,1-3H3/q+1;/p+1/t20-,21?,26?,27?;14-,15?,20?,21?/m00/s1. The van der Waals surface area contributed by atoms with Crippen LogP contribution in [0, 0.1) is 36.7 Å². The molecule has 4 aromatic rings. The van der Waals surface area contributed by atoms with Gasteiger partial charge in [-0.2, -0.15) is 4.89 Å². The molecule has 400 valence electrons. The average molecular weight is 1260 g/mol. The summed E-state index contributed by atoms with van der Waals surface area (Å²) < 4.78 is 27.9. The molecular formula is C55H66I2N6O12+2. The van der Waals surface area contributed by atoms with Crippen LogP contribution >= 0.6 is 45.2 Å². The van der Waals surface area contributed by atoms with Gasteiger partial charge in [0.2, 0.25) is 24.5 Å². The van der Waals surface area contributed by atoms with Crippen LogP contribution in [0.5, 0.6) is 11.5 Å². The van der Waals surface area contributed by atoms with E-state index in [4.69, 9.17) is 24.0 Å². The Morgan fingerprint density at radius 3 is 1.68 bits per heavy atom. The first kappa shape index (κ1) is 56.9. The number of carbonyl (C=O) groups excluding carboxylic acids is 4. The van der Waals surface area contributed by atoms with Crippen molar-refractivity contribution in [3.05, 3.63) is 140 Å². The zero-order valence-electron chi connectivity index (χ0n) is 43.1. The summed E-state index contributed by atoms with van der Waals surface area (Å²) in [5.74, 6) is -4.18. The Balaban J connectivity index is 0.000000225. The molecule has 2 N–H and O–H groups in total. The number of esters is 1. The number of hydrogen-bond acceptors (Lipinski definition) is 11. The third-order valence-electron chi connectivity index (χ3n) is 14.2. The monoisotopic (exact) mass is 1260 g/mol. The molecule has 18 nitrogen and oxygen atoms in total. The van der Waals surface area contributed by atoms with Gasteiger partial charge in [0.15, 0.2) is 0 Å². The van der Waals surface area contributed by atoms with Crippen LogP contribution in [-0.2, 0) is 78.5 Å². The number of aromatic nitrogens is 4. The van der Waals surface area contributed by atoms with Gasteiger partial charge >= 0.3 is 17.9 Å². The summed E-state index contributed by atoms with van der Waals surface area (Å²) >= 11 is 4.49. The molecular weight excluding hydrogens is 1190 g/mol. The fourth-order valence-electron chi connectivity index (χ4n) is 10.4. The van der Waals surface area contributed by atoms with Crippen molar-refractivity contribution in [2.75, 3.05) is 26.4 Å². The highest BCUT2D eigenvalue weighted by molar-refractivity contribution is 14.1. The number of aliphatic carboxylic acids is 1. The van der Waals surface area contributed by atoms with E-state index >= 15 is 0 Å². The average Bonchev–Trinajstić information content (AvgIpc) is 4.11. The van der Waals surface area contributed by atoms with Gasteiger partial charge in [0, 0.05) is 23.0 Å². The predicted octanol–water partition coefficient (Wildman–Crippen LogP) is 5.81. The molecule has 0 bridgehead atoms. The maximum absolute atomic E-state index is 13.3. The number of aliphatic hydroxyl groups is 1. The van der Waals surface area contributed by atoms with Crippen LogP contribution in [0.4, 0.5) is 0 Å². The molecule has 4 aliphatic rings. The molecule has 6 unspecified atom stereocenters. The second kappa shape index (κ2) is 25.3. The number of nitrogens with zero attached hydrogens (tertiary/aromatic N) is 6. The van der Waals surface area contributed by atoms with Gasteiger partial charge in [-0.1, -0.05) is 51.6 Å². The molecule has 8 rings (SSSR count). The number of aliphatic hydroxyl groups excluding tert-OH is 1. The van der Waals surface area contributed by atoms with E-state index in [0.717, 1.165) is 45.9 Å². The predicted molar refractivity (Wildman–Crippen MR) is 290 cm³/mol. The maximum Gasteiger partial charge on any atom is 0.355 e. The lowest BCUT2D eigenvalue weighted by molar-refractivity contribution is -0.671. The van der Waals surface area contributed by atoms with Gasteiger partial charge in [-0.05, 0) is 113 Å². The van der Waals surface area contributed by atoms with E-state index in [9.17, 15) is 34.2 Å². The van der Waals surface area contributed by atoms with E-state index < -0.39 is 47.8 Å². The van der Waals surface area contributed by atoms with Crippen LogP contribution in [0.2, 0.25) is 0 Å². The summed E-state index contributed by atoms with van der Waals surface area (Å²) in [4.78, 5) is 75.8. The van der Waals surface area contributed by atoms with Gasteiger partial charge in [-0.15, -0.1) is 6.58 Å². The van der Waals surface area contributed by atoms with Gasteiger partial charge in [0.05, 0.1) is 70.3 Å². The minimum Gasteiger partial charge on any atom is -0.488 e. The minimum atomic E-state index is -1.14. The zero-order valence-corrected chi connectivity index (χ0v) is 47.4. The van der Waals surface area contributed by atoms with Gasteiger partial charge in [0.25, 0.3) is 0 Å². The number of aryl methyl sites for hydroxylation is 6. The first-order valence-corrected chi connectivity index (χ1v) is 27.1. The molecule has 75 heavy (non-hydrogen) atoms. The topological polar surface area (TPSA) is 196 Å². The highest BCUT2D eigenvalue weighted by Crippen LogP contribution is 2.50. The third kappa shape index (κ3) is 12.7. The summed E-state index contributed by atoms with van der Waals surface area (Å²) in [5.41, 5.74) is 3.83. The fourth-order valence-corrected chi connectivity index (χ4v) is 11.9. The van der Waals surface area contributed by atoms with Crippen molar-refractivity contribution in [3.8, 4) is 11.5 Å². The molecule has 0 spiro atoms. The molecule has 0 saturated carbocycles. The zero-order chi connectivity index (χ0) is 54.2. The molecule has 2 aromatic carbocycles. The van der Waals surface area contributed by atoms with E-state index in [2.05, 4.69) is 105 Å². The SMILES string of the molecule is C=CCOOC(=O)C(C)C1C(=O)N2C(C(=O)OCC=C)=C(COc3ccc(CCCn4cc[n+](C)c4)cc3I)[C@H](C)C12.CC(O)C1C(=O)N2C(C(=O)O)=C(COc3ccc(CCCn4cc[n+](C)c4)cc3I)[C@H](C)C12. The van der Waals surface area contributed by atoms with Crippen molar-refractivity contribution >= 4 is 74.9 Å². The molecule has 0 aliphatic carbocycles. The highest BCUT2D eigenvalue weighted by atomic mass is 127. The molecule has 2 aromatic heterocycles. The van der Waals surface area contributed by atoms with E-state index in [0.29, 0.717) is 22.6 Å². The Hall–Kier alpha value is -5.85.